The Morgan fingerprint density at radius 2 is 1.76 bits per heavy atom. The summed E-state index contributed by atoms with van der Waals surface area (Å²) in [4.78, 5) is 10.6. The molecule has 21 heavy (non-hydrogen) atoms. The van der Waals surface area contributed by atoms with Crippen LogP contribution in [0.25, 0.3) is 0 Å². The van der Waals surface area contributed by atoms with Crippen LogP contribution in [0.1, 0.15) is 15.9 Å². The van der Waals surface area contributed by atoms with Crippen molar-refractivity contribution in [3.63, 3.8) is 0 Å². The molecule has 0 saturated carbocycles. The molecule has 0 aliphatic rings. The first-order valence-electron chi connectivity index (χ1n) is 5.79. The van der Waals surface area contributed by atoms with Gasteiger partial charge >= 0.3 is 5.97 Å². The van der Waals surface area contributed by atoms with E-state index in [0.717, 1.165) is 30.3 Å². The number of rotatable bonds is 4. The summed E-state index contributed by atoms with van der Waals surface area (Å²) in [6, 6.07) is 4.66. The number of carboxylic acids is 1. The van der Waals surface area contributed by atoms with Gasteiger partial charge in [0.2, 0.25) is 0 Å². The van der Waals surface area contributed by atoms with Gasteiger partial charge in [0.1, 0.15) is 11.6 Å². The molecule has 0 aromatic heterocycles. The molecule has 0 aliphatic heterocycles. The van der Waals surface area contributed by atoms with Gasteiger partial charge in [-0.1, -0.05) is 0 Å². The summed E-state index contributed by atoms with van der Waals surface area (Å²) in [5.74, 6) is -5.89. The molecule has 0 spiro atoms. The molecule has 0 saturated heterocycles. The molecule has 0 amide bonds. The van der Waals surface area contributed by atoms with Crippen molar-refractivity contribution in [1.29, 1.82) is 0 Å². The second kappa shape index (κ2) is 5.82. The Balaban J connectivity index is 2.23. The van der Waals surface area contributed by atoms with Gasteiger partial charge in [-0.3, -0.25) is 0 Å². The van der Waals surface area contributed by atoms with Gasteiger partial charge in [-0.15, -0.1) is 0 Å². The topological polar surface area (TPSA) is 49.3 Å². The van der Waals surface area contributed by atoms with E-state index in [1.54, 1.807) is 0 Å². The molecule has 0 atom stereocenters. The first-order valence-corrected chi connectivity index (χ1v) is 5.79. The van der Waals surface area contributed by atoms with Crippen molar-refractivity contribution in [3.8, 4) is 0 Å². The molecule has 7 heteroatoms. The van der Waals surface area contributed by atoms with Crippen molar-refractivity contribution in [3.05, 3.63) is 64.7 Å². The molecular formula is C14H9F4NO2. The van der Waals surface area contributed by atoms with Crippen LogP contribution in [0.4, 0.5) is 23.2 Å². The third kappa shape index (κ3) is 3.13. The van der Waals surface area contributed by atoms with Crippen LogP contribution in [0.3, 0.4) is 0 Å². The number of benzene rings is 2. The lowest BCUT2D eigenvalue weighted by Crippen LogP contribution is -2.08. The number of hydrogen-bond donors (Lipinski definition) is 2. The van der Waals surface area contributed by atoms with E-state index in [-0.39, 0.29) is 17.8 Å². The molecule has 0 unspecified atom stereocenters. The highest BCUT2D eigenvalue weighted by Gasteiger charge is 2.18. The standard InChI is InChI=1S/C14H9F4NO2/c15-8-1-3-10(16)7(5-8)6-19-11-4-2-9(14(20)21)12(17)13(11)18/h1-5,19H,6H2,(H,20,21). The summed E-state index contributed by atoms with van der Waals surface area (Å²) in [6.45, 7) is -0.285. The maximum absolute atomic E-state index is 13.6. The SMILES string of the molecule is O=C(O)c1ccc(NCc2cc(F)ccc2F)c(F)c1F. The van der Waals surface area contributed by atoms with Gasteiger partial charge in [-0.05, 0) is 30.3 Å². The predicted octanol–water partition coefficient (Wildman–Crippen LogP) is 3.55. The quantitative estimate of drug-likeness (QED) is 0.849. The lowest BCUT2D eigenvalue weighted by atomic mass is 10.1. The minimum Gasteiger partial charge on any atom is -0.478 e. The van der Waals surface area contributed by atoms with Crippen LogP contribution in [0, 0.1) is 23.3 Å². The van der Waals surface area contributed by atoms with E-state index >= 15 is 0 Å². The van der Waals surface area contributed by atoms with Crippen molar-refractivity contribution >= 4 is 11.7 Å². The highest BCUT2D eigenvalue weighted by atomic mass is 19.2. The van der Waals surface area contributed by atoms with E-state index in [1.165, 1.54) is 0 Å². The fourth-order valence-electron chi connectivity index (χ4n) is 1.72. The minimum atomic E-state index is -1.60. The number of anilines is 1. The van der Waals surface area contributed by atoms with Crippen molar-refractivity contribution in [1.82, 2.24) is 0 Å². The van der Waals surface area contributed by atoms with Crippen LogP contribution in [0.5, 0.6) is 0 Å². The third-order valence-electron chi connectivity index (χ3n) is 2.79. The number of halogens is 4. The number of nitrogens with one attached hydrogen (secondary N) is 1. The normalized spacial score (nSPS) is 10.5. The van der Waals surface area contributed by atoms with Crippen molar-refractivity contribution in [2.45, 2.75) is 6.54 Å². The van der Waals surface area contributed by atoms with Crippen LogP contribution in [-0.2, 0) is 6.54 Å². The summed E-state index contributed by atoms with van der Waals surface area (Å²) in [7, 11) is 0. The first-order chi connectivity index (χ1) is 9.90. The van der Waals surface area contributed by atoms with Gasteiger partial charge in [0, 0.05) is 12.1 Å². The molecular weight excluding hydrogens is 290 g/mol. The molecule has 2 aromatic rings. The Hall–Kier alpha value is -2.57. The number of carboxylic acid groups (broad SMARTS) is 1. The zero-order valence-electron chi connectivity index (χ0n) is 10.5. The summed E-state index contributed by atoms with van der Waals surface area (Å²) < 4.78 is 53.4. The second-order valence-electron chi connectivity index (χ2n) is 4.18. The van der Waals surface area contributed by atoms with E-state index < -0.39 is 34.8 Å². The molecule has 110 valence electrons. The van der Waals surface area contributed by atoms with Gasteiger partial charge in [0.25, 0.3) is 0 Å². The maximum atomic E-state index is 13.6. The van der Waals surface area contributed by atoms with Crippen LogP contribution in [0.2, 0.25) is 0 Å². The van der Waals surface area contributed by atoms with Gasteiger partial charge in [0.05, 0.1) is 11.3 Å². The lowest BCUT2D eigenvalue weighted by molar-refractivity contribution is 0.0690. The average Bonchev–Trinajstić information content (AvgIpc) is 2.43. The first kappa shape index (κ1) is 14.8. The summed E-state index contributed by atoms with van der Waals surface area (Å²) in [6.07, 6.45) is 0. The van der Waals surface area contributed by atoms with Crippen LogP contribution in [0.15, 0.2) is 30.3 Å². The van der Waals surface area contributed by atoms with Crippen molar-refractivity contribution in [2.75, 3.05) is 5.32 Å². The van der Waals surface area contributed by atoms with Crippen molar-refractivity contribution in [2.24, 2.45) is 0 Å². The second-order valence-corrected chi connectivity index (χ2v) is 4.18. The van der Waals surface area contributed by atoms with Gasteiger partial charge in [-0.25, -0.2) is 22.4 Å². The minimum absolute atomic E-state index is 0.0721. The number of carbonyl (C=O) groups is 1. The Bertz CT molecular complexity index is 704. The highest BCUT2D eigenvalue weighted by Crippen LogP contribution is 2.22. The molecule has 2 aromatic carbocycles. The smallest absolute Gasteiger partial charge is 0.338 e. The fourth-order valence-corrected chi connectivity index (χ4v) is 1.72. The maximum Gasteiger partial charge on any atom is 0.338 e. The van der Waals surface area contributed by atoms with E-state index in [9.17, 15) is 22.4 Å². The summed E-state index contributed by atoms with van der Waals surface area (Å²) in [5.41, 5.74) is -1.23. The zero-order chi connectivity index (χ0) is 15.6. The average molecular weight is 299 g/mol. The molecule has 0 heterocycles. The van der Waals surface area contributed by atoms with Crippen molar-refractivity contribution < 1.29 is 27.5 Å². The van der Waals surface area contributed by atoms with E-state index in [2.05, 4.69) is 5.32 Å². The molecule has 0 aliphatic carbocycles. The Labute approximate surface area is 116 Å². The molecule has 0 radical (unpaired) electrons. The fraction of sp³-hybridized carbons (Fsp3) is 0.0714. The van der Waals surface area contributed by atoms with E-state index in [4.69, 9.17) is 5.11 Å². The summed E-state index contributed by atoms with van der Waals surface area (Å²) in [5, 5.41) is 11.0. The molecule has 2 rings (SSSR count). The Kier molecular flexibility index (Phi) is 4.11. The Morgan fingerprint density at radius 3 is 2.43 bits per heavy atom. The molecule has 0 fully saturated rings. The van der Waals surface area contributed by atoms with Crippen LogP contribution < -0.4 is 5.32 Å². The van der Waals surface area contributed by atoms with Gasteiger partial charge in [0.15, 0.2) is 11.6 Å². The largest absolute Gasteiger partial charge is 0.478 e. The van der Waals surface area contributed by atoms with Crippen LogP contribution in [-0.4, -0.2) is 11.1 Å². The van der Waals surface area contributed by atoms with E-state index in [1.807, 2.05) is 0 Å². The molecule has 0 bridgehead atoms. The Morgan fingerprint density at radius 1 is 1.05 bits per heavy atom. The third-order valence-corrected chi connectivity index (χ3v) is 2.79. The summed E-state index contributed by atoms with van der Waals surface area (Å²) >= 11 is 0. The molecule has 3 nitrogen and oxygen atoms in total. The lowest BCUT2D eigenvalue weighted by Gasteiger charge is -2.10. The number of aromatic carboxylic acids is 1. The zero-order valence-corrected chi connectivity index (χ0v) is 10.5. The number of hydrogen-bond acceptors (Lipinski definition) is 2. The van der Waals surface area contributed by atoms with E-state index in [0.29, 0.717) is 0 Å². The molecule has 2 N–H and O–H groups in total. The predicted molar refractivity (Wildman–Crippen MR) is 67.0 cm³/mol. The van der Waals surface area contributed by atoms with Gasteiger partial charge < -0.3 is 10.4 Å². The highest BCUT2D eigenvalue weighted by molar-refractivity contribution is 5.88. The van der Waals surface area contributed by atoms with Crippen LogP contribution >= 0.6 is 0 Å². The van der Waals surface area contributed by atoms with Gasteiger partial charge in [-0.2, -0.15) is 0 Å². The monoisotopic (exact) mass is 299 g/mol.